The Balaban J connectivity index is 1.28. The van der Waals surface area contributed by atoms with Gasteiger partial charge in [0.1, 0.15) is 17.3 Å². The van der Waals surface area contributed by atoms with Gasteiger partial charge in [-0.3, -0.25) is 9.69 Å². The third-order valence-corrected chi connectivity index (χ3v) is 5.62. The molecule has 158 valence electrons. The summed E-state index contributed by atoms with van der Waals surface area (Å²) in [6.45, 7) is 3.95. The Morgan fingerprint density at radius 2 is 1.87 bits per heavy atom. The summed E-state index contributed by atoms with van der Waals surface area (Å²) in [7, 11) is 3.35. The van der Waals surface area contributed by atoms with Gasteiger partial charge in [0.15, 0.2) is 0 Å². The minimum Gasteiger partial charge on any atom is -0.497 e. The number of benzene rings is 2. The van der Waals surface area contributed by atoms with Crippen LogP contribution in [-0.4, -0.2) is 66.1 Å². The van der Waals surface area contributed by atoms with Crippen LogP contribution in [0.5, 0.6) is 11.5 Å². The van der Waals surface area contributed by atoms with Gasteiger partial charge >= 0.3 is 0 Å². The molecule has 7 heteroatoms. The van der Waals surface area contributed by atoms with Gasteiger partial charge in [-0.25, -0.2) is 4.98 Å². The minimum atomic E-state index is 0.189. The fraction of sp³-hybridized carbons (Fsp3) is 0.391. The maximum Gasteiger partial charge on any atom is 0.223 e. The number of ether oxygens (including phenoxy) is 2. The Morgan fingerprint density at radius 1 is 1.07 bits per heavy atom. The molecule has 2 aromatic carbocycles. The van der Waals surface area contributed by atoms with Crippen LogP contribution in [0.15, 0.2) is 42.5 Å². The number of piperazine rings is 1. The summed E-state index contributed by atoms with van der Waals surface area (Å²) in [5.74, 6) is 2.74. The normalized spacial score (nSPS) is 14.8. The van der Waals surface area contributed by atoms with Crippen LogP contribution in [0, 0.1) is 0 Å². The van der Waals surface area contributed by atoms with Gasteiger partial charge in [-0.05, 0) is 30.3 Å². The van der Waals surface area contributed by atoms with Gasteiger partial charge in [-0.2, -0.15) is 0 Å². The maximum atomic E-state index is 12.7. The Labute approximate surface area is 176 Å². The first-order chi connectivity index (χ1) is 14.7. The number of methoxy groups -OCH3 is 2. The zero-order valence-electron chi connectivity index (χ0n) is 17.6. The largest absolute Gasteiger partial charge is 0.497 e. The summed E-state index contributed by atoms with van der Waals surface area (Å²) in [6.07, 6.45) is 1.11. The highest BCUT2D eigenvalue weighted by Gasteiger charge is 2.22. The zero-order chi connectivity index (χ0) is 20.9. The number of aromatic amines is 1. The molecule has 1 N–H and O–H groups in total. The molecule has 2 heterocycles. The van der Waals surface area contributed by atoms with Gasteiger partial charge in [-0.15, -0.1) is 0 Å². The van der Waals surface area contributed by atoms with E-state index in [1.165, 1.54) is 0 Å². The number of H-pyrrole nitrogens is 1. The first kappa shape index (κ1) is 20.2. The number of aryl methyl sites for hydroxylation is 1. The van der Waals surface area contributed by atoms with Crippen molar-refractivity contribution >= 4 is 16.9 Å². The standard InChI is InChI=1S/C23H28N4O3/c1-29-18-7-8-21(30-2)17(15-18)16-26-11-13-27(14-12-26)23(28)10-9-22-24-19-5-3-4-6-20(19)25-22/h3-8,15H,9-14,16H2,1-2H3,(H,24,25). The average Bonchev–Trinajstić information content (AvgIpc) is 3.21. The van der Waals surface area contributed by atoms with Crippen molar-refractivity contribution in [3.63, 3.8) is 0 Å². The highest BCUT2D eigenvalue weighted by atomic mass is 16.5. The van der Waals surface area contributed by atoms with Crippen molar-refractivity contribution in [3.05, 3.63) is 53.9 Å². The molecule has 0 radical (unpaired) electrons. The predicted octanol–water partition coefficient (Wildman–Crippen LogP) is 2.86. The Morgan fingerprint density at radius 3 is 2.60 bits per heavy atom. The Bertz CT molecular complexity index is 976. The molecule has 0 bridgehead atoms. The maximum absolute atomic E-state index is 12.7. The van der Waals surface area contributed by atoms with Crippen LogP contribution in [0.25, 0.3) is 11.0 Å². The topological polar surface area (TPSA) is 70.7 Å². The number of imidazole rings is 1. The SMILES string of the molecule is COc1ccc(OC)c(CN2CCN(C(=O)CCc3nc4ccccc4[nH]3)CC2)c1. The van der Waals surface area contributed by atoms with E-state index in [1.807, 2.05) is 47.4 Å². The summed E-state index contributed by atoms with van der Waals surface area (Å²) in [4.78, 5) is 24.8. The molecular formula is C23H28N4O3. The van der Waals surface area contributed by atoms with Crippen LogP contribution in [0.1, 0.15) is 17.8 Å². The number of nitrogens with zero attached hydrogens (tertiary/aromatic N) is 3. The van der Waals surface area contributed by atoms with E-state index in [-0.39, 0.29) is 5.91 Å². The number of fused-ring (bicyclic) bond motifs is 1. The number of para-hydroxylation sites is 2. The van der Waals surface area contributed by atoms with Crippen molar-refractivity contribution in [2.24, 2.45) is 0 Å². The Hall–Kier alpha value is -3.06. The summed E-state index contributed by atoms with van der Waals surface area (Å²) in [5, 5.41) is 0. The number of carbonyl (C=O) groups is 1. The number of carbonyl (C=O) groups excluding carboxylic acids is 1. The molecule has 1 aromatic heterocycles. The van der Waals surface area contributed by atoms with Crippen molar-refractivity contribution in [3.8, 4) is 11.5 Å². The Kier molecular flexibility index (Phi) is 6.18. The molecule has 1 amide bonds. The predicted molar refractivity (Wildman–Crippen MR) is 116 cm³/mol. The molecule has 4 rings (SSSR count). The van der Waals surface area contributed by atoms with Gasteiger partial charge in [0.25, 0.3) is 0 Å². The second-order valence-electron chi connectivity index (χ2n) is 7.54. The van der Waals surface area contributed by atoms with E-state index in [9.17, 15) is 4.79 Å². The van der Waals surface area contributed by atoms with Crippen LogP contribution in [-0.2, 0) is 17.8 Å². The molecule has 0 saturated carbocycles. The number of amides is 1. The summed E-state index contributed by atoms with van der Waals surface area (Å²) < 4.78 is 10.8. The molecule has 7 nitrogen and oxygen atoms in total. The molecule has 1 aliphatic rings. The number of rotatable bonds is 7. The molecular weight excluding hydrogens is 380 g/mol. The van der Waals surface area contributed by atoms with E-state index in [4.69, 9.17) is 9.47 Å². The van der Waals surface area contributed by atoms with E-state index in [0.29, 0.717) is 12.8 Å². The van der Waals surface area contributed by atoms with Crippen LogP contribution < -0.4 is 9.47 Å². The minimum absolute atomic E-state index is 0.189. The number of nitrogens with one attached hydrogen (secondary N) is 1. The second kappa shape index (κ2) is 9.17. The fourth-order valence-corrected chi connectivity index (χ4v) is 3.91. The molecule has 1 saturated heterocycles. The van der Waals surface area contributed by atoms with Gasteiger partial charge in [0, 0.05) is 51.1 Å². The first-order valence-electron chi connectivity index (χ1n) is 10.3. The van der Waals surface area contributed by atoms with Gasteiger partial charge in [-0.1, -0.05) is 12.1 Å². The molecule has 1 fully saturated rings. The number of hydrogen-bond donors (Lipinski definition) is 1. The van der Waals surface area contributed by atoms with Gasteiger partial charge in [0.2, 0.25) is 5.91 Å². The number of hydrogen-bond acceptors (Lipinski definition) is 5. The van der Waals surface area contributed by atoms with E-state index >= 15 is 0 Å². The third kappa shape index (κ3) is 4.57. The second-order valence-corrected chi connectivity index (χ2v) is 7.54. The summed E-state index contributed by atoms with van der Waals surface area (Å²) in [6, 6.07) is 13.8. The molecule has 0 aliphatic carbocycles. The molecule has 0 atom stereocenters. The van der Waals surface area contributed by atoms with Crippen molar-refractivity contribution in [1.82, 2.24) is 19.8 Å². The van der Waals surface area contributed by atoms with Crippen LogP contribution in [0.3, 0.4) is 0 Å². The van der Waals surface area contributed by atoms with E-state index in [2.05, 4.69) is 14.9 Å². The quantitative estimate of drug-likeness (QED) is 0.651. The van der Waals surface area contributed by atoms with E-state index in [1.54, 1.807) is 14.2 Å². The summed E-state index contributed by atoms with van der Waals surface area (Å²) in [5.41, 5.74) is 3.06. The highest BCUT2D eigenvalue weighted by molar-refractivity contribution is 5.77. The molecule has 3 aromatic rings. The first-order valence-corrected chi connectivity index (χ1v) is 10.3. The monoisotopic (exact) mass is 408 g/mol. The van der Waals surface area contributed by atoms with E-state index < -0.39 is 0 Å². The molecule has 1 aliphatic heterocycles. The average molecular weight is 409 g/mol. The molecule has 0 unspecified atom stereocenters. The zero-order valence-corrected chi connectivity index (χ0v) is 17.6. The molecule has 30 heavy (non-hydrogen) atoms. The van der Waals surface area contributed by atoms with E-state index in [0.717, 1.165) is 66.6 Å². The summed E-state index contributed by atoms with van der Waals surface area (Å²) >= 11 is 0. The lowest BCUT2D eigenvalue weighted by molar-refractivity contribution is -0.133. The smallest absolute Gasteiger partial charge is 0.223 e. The van der Waals surface area contributed by atoms with Gasteiger partial charge < -0.3 is 19.4 Å². The lowest BCUT2D eigenvalue weighted by Crippen LogP contribution is -2.48. The fourth-order valence-electron chi connectivity index (χ4n) is 3.91. The van der Waals surface area contributed by atoms with Crippen molar-refractivity contribution < 1.29 is 14.3 Å². The lowest BCUT2D eigenvalue weighted by atomic mass is 10.1. The highest BCUT2D eigenvalue weighted by Crippen LogP contribution is 2.25. The van der Waals surface area contributed by atoms with Crippen molar-refractivity contribution in [2.75, 3.05) is 40.4 Å². The molecule has 0 spiro atoms. The van der Waals surface area contributed by atoms with Crippen molar-refractivity contribution in [1.29, 1.82) is 0 Å². The van der Waals surface area contributed by atoms with Crippen LogP contribution in [0.2, 0.25) is 0 Å². The number of aromatic nitrogens is 2. The third-order valence-electron chi connectivity index (χ3n) is 5.62. The van der Waals surface area contributed by atoms with Crippen molar-refractivity contribution in [2.45, 2.75) is 19.4 Å². The van der Waals surface area contributed by atoms with Crippen LogP contribution >= 0.6 is 0 Å². The lowest BCUT2D eigenvalue weighted by Gasteiger charge is -2.35. The van der Waals surface area contributed by atoms with Crippen LogP contribution in [0.4, 0.5) is 0 Å². The van der Waals surface area contributed by atoms with Gasteiger partial charge in [0.05, 0.1) is 25.3 Å².